The zero-order valence-corrected chi connectivity index (χ0v) is 4.71. The average molecular weight is 136 g/mol. The number of hydrogen-bond acceptors (Lipinski definition) is 2. The van der Waals surface area contributed by atoms with Crippen molar-refractivity contribution in [3.63, 3.8) is 0 Å². The predicted molar refractivity (Wildman–Crippen MR) is 15.8 cm³/mol. The van der Waals surface area contributed by atoms with Gasteiger partial charge in [-0.2, -0.15) is 8.78 Å². The van der Waals surface area contributed by atoms with Crippen molar-refractivity contribution in [1.29, 1.82) is 0 Å². The minimum absolute atomic E-state index is 0. The minimum atomic E-state index is -4.22. The van der Waals surface area contributed by atoms with E-state index in [1.54, 1.807) is 0 Å². The summed E-state index contributed by atoms with van der Waals surface area (Å²) in [6.45, 7) is 0. The van der Waals surface area contributed by atoms with Crippen molar-refractivity contribution < 1.29 is 37.5 Å². The number of rotatable bonds is 1. The van der Waals surface area contributed by atoms with Crippen LogP contribution < -0.4 is 24.0 Å². The summed E-state index contributed by atoms with van der Waals surface area (Å²) in [4.78, 5) is 9.03. The number of carboxylic acid groups (broad SMARTS) is 1. The molecule has 0 amide bonds. The van der Waals surface area contributed by atoms with Gasteiger partial charge in [0.2, 0.25) is 0 Å². The summed E-state index contributed by atoms with van der Waals surface area (Å²) in [6, 6.07) is 0. The van der Waals surface area contributed by atoms with Crippen LogP contribution in [0.4, 0.5) is 8.78 Å². The second-order valence-corrected chi connectivity index (χ2v) is 1.26. The zero-order valence-electron chi connectivity index (χ0n) is 3.95. The van der Waals surface area contributed by atoms with Gasteiger partial charge in [0.05, 0.1) is 0 Å². The van der Waals surface area contributed by atoms with Crippen molar-refractivity contribution in [3.8, 4) is 0 Å². The van der Waals surface area contributed by atoms with E-state index in [4.69, 9.17) is 9.90 Å². The van der Waals surface area contributed by atoms with Crippen molar-refractivity contribution in [2.24, 2.45) is 0 Å². The van der Waals surface area contributed by atoms with Gasteiger partial charge in [-0.05, 0) is 11.6 Å². The summed E-state index contributed by atoms with van der Waals surface area (Å²) in [5.74, 6) is -2.57. The van der Waals surface area contributed by atoms with Crippen molar-refractivity contribution >= 4 is 17.6 Å². The summed E-state index contributed by atoms with van der Waals surface area (Å²) >= 11 is 3.87. The Morgan fingerprint density at radius 1 is 1.62 bits per heavy atom. The summed E-state index contributed by atoms with van der Waals surface area (Å²) < 4.78 is 21.9. The molecular weight excluding hydrogens is 136 g/mol. The number of aliphatic carboxylic acids is 1. The number of halogens is 3. The van der Waals surface area contributed by atoms with E-state index in [0.717, 1.165) is 0 Å². The molecule has 0 aliphatic heterocycles. The van der Waals surface area contributed by atoms with E-state index in [-0.39, 0.29) is 18.9 Å². The molecule has 0 spiro atoms. The van der Waals surface area contributed by atoms with Crippen LogP contribution in [0.1, 0.15) is 0 Å². The molecule has 42 valence electrons. The van der Waals surface area contributed by atoms with Crippen LogP contribution in [0.15, 0.2) is 0 Å². The third kappa shape index (κ3) is 4.38. The number of carboxylic acids is 1. The quantitative estimate of drug-likeness (QED) is 0.278. The predicted octanol–water partition coefficient (Wildman–Crippen LogP) is -3.43. The number of hydrogen-bond donors (Lipinski definition) is 0. The van der Waals surface area contributed by atoms with Crippen molar-refractivity contribution in [1.82, 2.24) is 0 Å². The van der Waals surface area contributed by atoms with E-state index in [9.17, 15) is 8.78 Å². The first kappa shape index (κ1) is 11.1. The van der Waals surface area contributed by atoms with Gasteiger partial charge in [0.15, 0.2) is 0 Å². The molecular formula is C2ClF2LiO2. The zero-order chi connectivity index (χ0) is 6.08. The Bertz CT molecular complexity index is 90.5. The van der Waals surface area contributed by atoms with Gasteiger partial charge in [-0.1, -0.05) is 0 Å². The molecule has 0 unspecified atom stereocenters. The molecule has 0 heterocycles. The second kappa shape index (κ2) is 3.28. The molecule has 8 heavy (non-hydrogen) atoms. The fourth-order valence-corrected chi connectivity index (χ4v) is 0. The summed E-state index contributed by atoms with van der Waals surface area (Å²) in [5, 5.41) is 4.81. The van der Waals surface area contributed by atoms with Crippen molar-refractivity contribution in [3.05, 3.63) is 0 Å². The number of carbonyl (C=O) groups excluding carboxylic acids is 1. The van der Waals surface area contributed by atoms with Gasteiger partial charge in [0.25, 0.3) is 0 Å². The largest absolute Gasteiger partial charge is 1.00 e. The first-order valence-electron chi connectivity index (χ1n) is 1.23. The molecule has 0 N–H and O–H groups in total. The molecule has 0 radical (unpaired) electrons. The molecule has 0 saturated carbocycles. The summed E-state index contributed by atoms with van der Waals surface area (Å²) in [5.41, 5.74) is 0. The van der Waals surface area contributed by atoms with Gasteiger partial charge in [0.1, 0.15) is 5.97 Å². The van der Waals surface area contributed by atoms with E-state index in [1.165, 1.54) is 0 Å². The minimum Gasteiger partial charge on any atom is -0.543 e. The van der Waals surface area contributed by atoms with Crippen LogP contribution in [-0.4, -0.2) is 11.4 Å². The van der Waals surface area contributed by atoms with Crippen molar-refractivity contribution in [2.75, 3.05) is 0 Å². The molecule has 2 nitrogen and oxygen atoms in total. The van der Waals surface area contributed by atoms with E-state index in [0.29, 0.717) is 0 Å². The van der Waals surface area contributed by atoms with E-state index < -0.39 is 11.4 Å². The average Bonchev–Trinajstić information content (AvgIpc) is 1.31. The monoisotopic (exact) mass is 136 g/mol. The molecule has 0 saturated heterocycles. The molecule has 0 fully saturated rings. The first-order valence-corrected chi connectivity index (χ1v) is 1.60. The third-order valence-electron chi connectivity index (χ3n) is 0.231. The Hall–Kier alpha value is 0.217. The van der Waals surface area contributed by atoms with Crippen LogP contribution in [0.3, 0.4) is 0 Å². The fourth-order valence-electron chi connectivity index (χ4n) is 0. The van der Waals surface area contributed by atoms with E-state index in [1.807, 2.05) is 0 Å². The maximum absolute atomic E-state index is 10.9. The number of alkyl halides is 3. The van der Waals surface area contributed by atoms with Crippen molar-refractivity contribution in [2.45, 2.75) is 5.38 Å². The Kier molecular flexibility index (Phi) is 4.55. The van der Waals surface area contributed by atoms with Crippen LogP contribution in [0.2, 0.25) is 0 Å². The van der Waals surface area contributed by atoms with Gasteiger partial charge >= 0.3 is 24.2 Å². The smallest absolute Gasteiger partial charge is 0.543 e. The van der Waals surface area contributed by atoms with Crippen LogP contribution in [0, 0.1) is 0 Å². The van der Waals surface area contributed by atoms with Crippen LogP contribution >= 0.6 is 11.6 Å². The van der Waals surface area contributed by atoms with Gasteiger partial charge in [0, 0.05) is 0 Å². The van der Waals surface area contributed by atoms with Crippen LogP contribution in [0.5, 0.6) is 0 Å². The molecule has 0 aliphatic rings. The maximum atomic E-state index is 10.9. The van der Waals surface area contributed by atoms with E-state index in [2.05, 4.69) is 11.6 Å². The van der Waals surface area contributed by atoms with E-state index >= 15 is 0 Å². The molecule has 6 heteroatoms. The van der Waals surface area contributed by atoms with Gasteiger partial charge in [-0.3, -0.25) is 0 Å². The summed E-state index contributed by atoms with van der Waals surface area (Å²) in [7, 11) is 0. The standard InChI is InChI=1S/C2HClF2O2.Li/c3-2(4,5)1(6)7;/h(H,6,7);/q;+1/p-1. The van der Waals surface area contributed by atoms with Crippen LogP contribution in [0.25, 0.3) is 0 Å². The Labute approximate surface area is 61.0 Å². The molecule has 0 aliphatic carbocycles. The Morgan fingerprint density at radius 2 is 1.75 bits per heavy atom. The first-order chi connectivity index (χ1) is 2.94. The second-order valence-electron chi connectivity index (χ2n) is 0.785. The molecule has 0 aromatic heterocycles. The van der Waals surface area contributed by atoms with Gasteiger partial charge < -0.3 is 9.90 Å². The molecule has 0 atom stereocenters. The van der Waals surface area contributed by atoms with Gasteiger partial charge in [-0.25, -0.2) is 0 Å². The fraction of sp³-hybridized carbons (Fsp3) is 0.500. The molecule has 0 rings (SSSR count). The van der Waals surface area contributed by atoms with Gasteiger partial charge in [-0.15, -0.1) is 0 Å². The number of carbonyl (C=O) groups is 1. The normalized spacial score (nSPS) is 9.88. The Morgan fingerprint density at radius 3 is 1.75 bits per heavy atom. The summed E-state index contributed by atoms with van der Waals surface area (Å²) in [6.07, 6.45) is 0. The maximum Gasteiger partial charge on any atom is 1.00 e. The molecule has 0 aromatic carbocycles. The molecule has 0 bridgehead atoms. The third-order valence-corrected chi connectivity index (χ3v) is 0.386. The molecule has 0 aromatic rings. The SMILES string of the molecule is O=C([O-])C(F)(F)Cl.[Li+]. The topological polar surface area (TPSA) is 40.1 Å². The Balaban J connectivity index is 0. The van der Waals surface area contributed by atoms with Crippen LogP contribution in [-0.2, 0) is 4.79 Å².